The molecule has 2 N–H and O–H groups in total. The zero-order valence-corrected chi connectivity index (χ0v) is 19.8. The maximum Gasteiger partial charge on any atom is 0.255 e. The number of sulfonamides is 1. The van der Waals surface area contributed by atoms with Gasteiger partial charge in [0.25, 0.3) is 5.91 Å². The molecule has 1 aliphatic heterocycles. The standard InChI is InChI=1S/C23H30FN3O4S/c1-14(2)32(29,30)26-19-8-6-18(7-9-19)23(28)25-20-10-11-21(17(5)22(20)24)27-12-15(3)31-16(4)13-27/h6-11,14-16,26H,12-13H2,1-5H3,(H,25,28)/t15-,16?/m0/s1. The summed E-state index contributed by atoms with van der Waals surface area (Å²) >= 11 is 0. The van der Waals surface area contributed by atoms with E-state index in [0.29, 0.717) is 24.3 Å². The lowest BCUT2D eigenvalue weighted by Crippen LogP contribution is -2.45. The van der Waals surface area contributed by atoms with E-state index >= 15 is 4.39 Å². The Labute approximate surface area is 189 Å². The first-order valence-corrected chi connectivity index (χ1v) is 12.1. The van der Waals surface area contributed by atoms with Gasteiger partial charge in [-0.3, -0.25) is 9.52 Å². The fraction of sp³-hybridized carbons (Fsp3) is 0.435. The van der Waals surface area contributed by atoms with Crippen molar-refractivity contribution in [1.82, 2.24) is 0 Å². The van der Waals surface area contributed by atoms with Crippen molar-refractivity contribution in [2.24, 2.45) is 0 Å². The number of hydrogen-bond donors (Lipinski definition) is 2. The van der Waals surface area contributed by atoms with Crippen molar-refractivity contribution in [3.63, 3.8) is 0 Å². The zero-order valence-electron chi connectivity index (χ0n) is 19.0. The number of rotatable bonds is 6. The quantitative estimate of drug-likeness (QED) is 0.672. The average molecular weight is 464 g/mol. The summed E-state index contributed by atoms with van der Waals surface area (Å²) in [6.45, 7) is 10.2. The van der Waals surface area contributed by atoms with Crippen LogP contribution in [0.2, 0.25) is 0 Å². The fourth-order valence-corrected chi connectivity index (χ4v) is 4.36. The largest absolute Gasteiger partial charge is 0.372 e. The van der Waals surface area contributed by atoms with E-state index in [1.165, 1.54) is 24.3 Å². The number of ether oxygens (including phenoxy) is 1. The van der Waals surface area contributed by atoms with Crippen molar-refractivity contribution in [3.05, 3.63) is 53.3 Å². The summed E-state index contributed by atoms with van der Waals surface area (Å²) in [5, 5.41) is 2.03. The second-order valence-electron chi connectivity index (χ2n) is 8.46. The van der Waals surface area contributed by atoms with Gasteiger partial charge in [-0.15, -0.1) is 0 Å². The zero-order chi connectivity index (χ0) is 23.6. The molecule has 2 aromatic carbocycles. The number of hydrogen-bond acceptors (Lipinski definition) is 5. The predicted molar refractivity (Wildman–Crippen MR) is 125 cm³/mol. The molecule has 174 valence electrons. The summed E-state index contributed by atoms with van der Waals surface area (Å²) in [6, 6.07) is 9.35. The Morgan fingerprint density at radius 3 is 2.25 bits per heavy atom. The Kier molecular flexibility index (Phi) is 7.09. The van der Waals surface area contributed by atoms with Crippen molar-refractivity contribution in [3.8, 4) is 0 Å². The van der Waals surface area contributed by atoms with Crippen molar-refractivity contribution in [2.45, 2.75) is 52.1 Å². The molecule has 0 aliphatic carbocycles. The minimum Gasteiger partial charge on any atom is -0.372 e. The maximum atomic E-state index is 15.1. The van der Waals surface area contributed by atoms with Gasteiger partial charge in [0.2, 0.25) is 10.0 Å². The summed E-state index contributed by atoms with van der Waals surface area (Å²) < 4.78 is 47.2. The van der Waals surface area contributed by atoms with Crippen LogP contribution >= 0.6 is 0 Å². The van der Waals surface area contributed by atoms with Gasteiger partial charge in [0, 0.05) is 35.6 Å². The van der Waals surface area contributed by atoms with Crippen LogP contribution in [0.25, 0.3) is 0 Å². The Balaban J connectivity index is 1.73. The van der Waals surface area contributed by atoms with Gasteiger partial charge in [-0.25, -0.2) is 12.8 Å². The van der Waals surface area contributed by atoms with Crippen LogP contribution in [0.3, 0.4) is 0 Å². The number of halogens is 1. The Hall–Kier alpha value is -2.65. The normalized spacial score (nSPS) is 19.2. The second-order valence-corrected chi connectivity index (χ2v) is 10.7. The number of benzene rings is 2. The van der Waals surface area contributed by atoms with Crippen LogP contribution in [0, 0.1) is 12.7 Å². The topological polar surface area (TPSA) is 87.7 Å². The van der Waals surface area contributed by atoms with E-state index in [4.69, 9.17) is 4.74 Å². The van der Waals surface area contributed by atoms with E-state index in [2.05, 4.69) is 14.9 Å². The molecule has 1 amide bonds. The summed E-state index contributed by atoms with van der Waals surface area (Å²) in [5.74, 6) is -0.966. The average Bonchev–Trinajstić information content (AvgIpc) is 2.71. The smallest absolute Gasteiger partial charge is 0.255 e. The van der Waals surface area contributed by atoms with E-state index in [9.17, 15) is 13.2 Å². The summed E-state index contributed by atoms with van der Waals surface area (Å²) in [6.07, 6.45) is 0.0992. The lowest BCUT2D eigenvalue weighted by molar-refractivity contribution is -0.00526. The summed E-state index contributed by atoms with van der Waals surface area (Å²) in [4.78, 5) is 14.7. The maximum absolute atomic E-state index is 15.1. The summed E-state index contributed by atoms with van der Waals surface area (Å²) in [5.41, 5.74) is 1.98. The van der Waals surface area contributed by atoms with Gasteiger partial charge in [-0.2, -0.15) is 0 Å². The van der Waals surface area contributed by atoms with Gasteiger partial charge in [-0.1, -0.05) is 0 Å². The molecule has 2 aromatic rings. The highest BCUT2D eigenvalue weighted by atomic mass is 32.2. The molecule has 1 saturated heterocycles. The highest BCUT2D eigenvalue weighted by Crippen LogP contribution is 2.30. The van der Waals surface area contributed by atoms with Gasteiger partial charge in [0.15, 0.2) is 5.82 Å². The van der Waals surface area contributed by atoms with Crippen molar-refractivity contribution < 1.29 is 22.3 Å². The molecule has 0 radical (unpaired) electrons. The first kappa shape index (κ1) is 24.0. The number of amides is 1. The van der Waals surface area contributed by atoms with Crippen LogP contribution in [0.4, 0.5) is 21.5 Å². The molecule has 32 heavy (non-hydrogen) atoms. The highest BCUT2D eigenvalue weighted by Gasteiger charge is 2.25. The lowest BCUT2D eigenvalue weighted by Gasteiger charge is -2.37. The van der Waals surface area contributed by atoms with Crippen molar-refractivity contribution in [1.29, 1.82) is 0 Å². The Morgan fingerprint density at radius 2 is 1.69 bits per heavy atom. The minimum absolute atomic E-state index is 0.0496. The van der Waals surface area contributed by atoms with Crippen molar-refractivity contribution in [2.75, 3.05) is 28.0 Å². The van der Waals surface area contributed by atoms with Crippen LogP contribution in [0.5, 0.6) is 0 Å². The SMILES string of the molecule is Cc1c(N2CC(C)O[C@@H](C)C2)ccc(NC(=O)c2ccc(NS(=O)(=O)C(C)C)cc2)c1F. The van der Waals surface area contributed by atoms with Gasteiger partial charge in [-0.05, 0) is 71.0 Å². The molecule has 7 nitrogen and oxygen atoms in total. The minimum atomic E-state index is -3.48. The molecule has 3 rings (SSSR count). The van der Waals surface area contributed by atoms with E-state index in [1.54, 1.807) is 26.8 Å². The van der Waals surface area contributed by atoms with E-state index < -0.39 is 27.0 Å². The molecule has 2 atom stereocenters. The third-order valence-electron chi connectivity index (χ3n) is 5.39. The van der Waals surface area contributed by atoms with Crippen LogP contribution in [-0.2, 0) is 14.8 Å². The van der Waals surface area contributed by atoms with Gasteiger partial charge in [0.1, 0.15) is 0 Å². The van der Waals surface area contributed by atoms with Crippen LogP contribution in [0.15, 0.2) is 36.4 Å². The lowest BCUT2D eigenvalue weighted by atomic mass is 10.1. The molecule has 0 aromatic heterocycles. The molecule has 0 spiro atoms. The van der Waals surface area contributed by atoms with Gasteiger partial charge in [0.05, 0.1) is 23.1 Å². The molecular weight excluding hydrogens is 433 g/mol. The third kappa shape index (κ3) is 5.39. The molecule has 0 saturated carbocycles. The van der Waals surface area contributed by atoms with E-state index in [1.807, 2.05) is 19.9 Å². The molecular formula is C23H30FN3O4S. The first-order chi connectivity index (χ1) is 15.0. The number of morpholine rings is 1. The fourth-order valence-electron chi connectivity index (χ4n) is 3.65. The second kappa shape index (κ2) is 9.46. The molecule has 0 bridgehead atoms. The van der Waals surface area contributed by atoms with E-state index in [0.717, 1.165) is 5.69 Å². The van der Waals surface area contributed by atoms with Crippen LogP contribution < -0.4 is 14.9 Å². The summed E-state index contributed by atoms with van der Waals surface area (Å²) in [7, 11) is -3.48. The van der Waals surface area contributed by atoms with Gasteiger partial charge >= 0.3 is 0 Å². The number of nitrogens with one attached hydrogen (secondary N) is 2. The number of nitrogens with zero attached hydrogens (tertiary/aromatic N) is 1. The molecule has 1 fully saturated rings. The number of carbonyl (C=O) groups excluding carboxylic acids is 1. The molecule has 1 heterocycles. The molecule has 1 unspecified atom stereocenters. The monoisotopic (exact) mass is 463 g/mol. The van der Waals surface area contributed by atoms with E-state index in [-0.39, 0.29) is 23.5 Å². The van der Waals surface area contributed by atoms with Crippen LogP contribution in [0.1, 0.15) is 43.6 Å². The third-order valence-corrected chi connectivity index (χ3v) is 7.16. The molecule has 1 aliphatic rings. The number of anilines is 3. The Bertz CT molecular complexity index is 1080. The number of carbonyl (C=O) groups is 1. The molecule has 9 heteroatoms. The predicted octanol–water partition coefficient (Wildman–Crippen LogP) is 4.15. The van der Waals surface area contributed by atoms with Gasteiger partial charge < -0.3 is 15.0 Å². The Morgan fingerprint density at radius 1 is 1.09 bits per heavy atom. The highest BCUT2D eigenvalue weighted by molar-refractivity contribution is 7.93. The van der Waals surface area contributed by atoms with Crippen molar-refractivity contribution >= 4 is 33.0 Å². The van der Waals surface area contributed by atoms with Crippen LogP contribution in [-0.4, -0.2) is 44.9 Å². The first-order valence-electron chi connectivity index (χ1n) is 10.6.